The number of hydrogen-bond donors (Lipinski definition) is 0. The maximum atomic E-state index is 13.4. The van der Waals surface area contributed by atoms with Crippen LogP contribution in [0.15, 0.2) is 82.7 Å². The second-order valence-corrected chi connectivity index (χ2v) is 8.96. The molecule has 7 heteroatoms. The summed E-state index contributed by atoms with van der Waals surface area (Å²) < 4.78 is 33.6. The van der Waals surface area contributed by atoms with E-state index < -0.39 is 22.0 Å². The summed E-state index contributed by atoms with van der Waals surface area (Å²) in [5, 5.41) is 0. The van der Waals surface area contributed by atoms with Gasteiger partial charge in [-0.25, -0.2) is 13.2 Å². The average molecular weight is 464 g/mol. The zero-order valence-electron chi connectivity index (χ0n) is 15.8. The zero-order valence-corrected chi connectivity index (χ0v) is 18.2. The van der Waals surface area contributed by atoms with Gasteiger partial charge in [0, 0.05) is 11.0 Å². The van der Waals surface area contributed by atoms with Crippen molar-refractivity contribution in [2.75, 3.05) is 13.7 Å². The number of hydrogen-bond acceptors (Lipinski definition) is 4. The van der Waals surface area contributed by atoms with Gasteiger partial charge in [-0.1, -0.05) is 58.4 Å². The van der Waals surface area contributed by atoms with E-state index in [1.165, 1.54) is 17.5 Å². The molecule has 5 nitrogen and oxygen atoms in total. The minimum Gasteiger partial charge on any atom is -0.466 e. The monoisotopic (exact) mass is 463 g/mol. The number of carbonyl (C=O) groups excluding carboxylic acids is 1. The molecule has 0 saturated heterocycles. The van der Waals surface area contributed by atoms with Crippen LogP contribution in [0.3, 0.4) is 0 Å². The van der Waals surface area contributed by atoms with E-state index in [1.54, 1.807) is 42.5 Å². The molecule has 1 atom stereocenters. The van der Waals surface area contributed by atoms with Gasteiger partial charge >= 0.3 is 5.97 Å². The largest absolute Gasteiger partial charge is 0.466 e. The fourth-order valence-electron chi connectivity index (χ4n) is 2.78. The standard InChI is InChI=1S/C21H22BrNO4S/c1-5-13-23(28(25,26)19-11-9-15(2)10-12-19)20(16(3)21(24)27-4)17-7-6-8-18(22)14-17/h5-12,14,20H,1,3,13H2,2,4H3/t20-/m0/s1. The Bertz CT molecular complexity index is 984. The summed E-state index contributed by atoms with van der Waals surface area (Å²) in [7, 11) is -2.71. The molecule has 0 fully saturated rings. The summed E-state index contributed by atoms with van der Waals surface area (Å²) in [5.41, 5.74) is 1.54. The molecule has 2 aromatic rings. The van der Waals surface area contributed by atoms with Gasteiger partial charge in [0.25, 0.3) is 0 Å². The van der Waals surface area contributed by atoms with Crippen molar-refractivity contribution in [1.82, 2.24) is 4.31 Å². The highest BCUT2D eigenvalue weighted by Crippen LogP contribution is 2.34. The van der Waals surface area contributed by atoms with Crippen LogP contribution in [-0.4, -0.2) is 32.3 Å². The first-order valence-electron chi connectivity index (χ1n) is 8.44. The number of esters is 1. The van der Waals surface area contributed by atoms with E-state index in [9.17, 15) is 13.2 Å². The second-order valence-electron chi connectivity index (χ2n) is 6.15. The van der Waals surface area contributed by atoms with Crippen molar-refractivity contribution in [3.63, 3.8) is 0 Å². The van der Waals surface area contributed by atoms with Crippen LogP contribution in [0.1, 0.15) is 17.2 Å². The molecule has 0 heterocycles. The van der Waals surface area contributed by atoms with Gasteiger partial charge in [-0.15, -0.1) is 6.58 Å². The number of ether oxygens (including phenoxy) is 1. The summed E-state index contributed by atoms with van der Waals surface area (Å²) in [6.45, 7) is 9.37. The topological polar surface area (TPSA) is 63.7 Å². The lowest BCUT2D eigenvalue weighted by Crippen LogP contribution is -2.37. The smallest absolute Gasteiger partial charge is 0.335 e. The molecule has 0 amide bonds. The van der Waals surface area contributed by atoms with Gasteiger partial charge in [0.05, 0.1) is 23.6 Å². The van der Waals surface area contributed by atoms with Gasteiger partial charge in [0.15, 0.2) is 0 Å². The molecule has 0 radical (unpaired) electrons. The average Bonchev–Trinajstić information content (AvgIpc) is 2.67. The predicted molar refractivity (Wildman–Crippen MR) is 113 cm³/mol. The van der Waals surface area contributed by atoms with Gasteiger partial charge in [0.2, 0.25) is 10.0 Å². The van der Waals surface area contributed by atoms with Crippen LogP contribution in [0.2, 0.25) is 0 Å². The van der Waals surface area contributed by atoms with E-state index in [2.05, 4.69) is 29.1 Å². The Morgan fingerprint density at radius 3 is 2.43 bits per heavy atom. The molecule has 2 rings (SSSR count). The van der Waals surface area contributed by atoms with Crippen molar-refractivity contribution >= 4 is 31.9 Å². The molecule has 2 aromatic carbocycles. The Balaban J connectivity index is 2.67. The minimum atomic E-state index is -3.95. The first-order valence-corrected chi connectivity index (χ1v) is 10.7. The molecule has 0 bridgehead atoms. The molecule has 0 N–H and O–H groups in total. The van der Waals surface area contributed by atoms with Gasteiger partial charge in [-0.2, -0.15) is 4.31 Å². The minimum absolute atomic E-state index is 0.0105. The Morgan fingerprint density at radius 1 is 1.25 bits per heavy atom. The Labute approximate surface area is 174 Å². The third kappa shape index (κ3) is 4.79. The first-order chi connectivity index (χ1) is 13.2. The van der Waals surface area contributed by atoms with Crippen molar-refractivity contribution in [2.24, 2.45) is 0 Å². The lowest BCUT2D eigenvalue weighted by Gasteiger charge is -2.31. The summed E-state index contributed by atoms with van der Waals surface area (Å²) >= 11 is 3.39. The van der Waals surface area contributed by atoms with Gasteiger partial charge in [0.1, 0.15) is 0 Å². The SMILES string of the molecule is C=CCN([C@@H](C(=C)C(=O)OC)c1cccc(Br)c1)S(=O)(=O)c1ccc(C)cc1. The van der Waals surface area contributed by atoms with Crippen molar-refractivity contribution in [3.05, 3.63) is 88.9 Å². The lowest BCUT2D eigenvalue weighted by molar-refractivity contribution is -0.136. The van der Waals surface area contributed by atoms with Crippen LogP contribution in [0.5, 0.6) is 0 Å². The maximum Gasteiger partial charge on any atom is 0.335 e. The quantitative estimate of drug-likeness (QED) is 0.330. The zero-order chi connectivity index (χ0) is 20.9. The fourth-order valence-corrected chi connectivity index (χ4v) is 4.77. The number of aryl methyl sites for hydroxylation is 1. The van der Waals surface area contributed by atoms with Crippen molar-refractivity contribution in [2.45, 2.75) is 17.9 Å². The summed E-state index contributed by atoms with van der Waals surface area (Å²) in [5.74, 6) is -0.682. The second kappa shape index (κ2) is 9.32. The molecule has 0 aliphatic carbocycles. The van der Waals surface area contributed by atoms with Gasteiger partial charge in [-0.3, -0.25) is 0 Å². The Hall–Kier alpha value is -2.22. The van der Waals surface area contributed by atoms with Gasteiger partial charge < -0.3 is 4.74 Å². The van der Waals surface area contributed by atoms with Crippen molar-refractivity contribution < 1.29 is 17.9 Å². The highest BCUT2D eigenvalue weighted by molar-refractivity contribution is 9.10. The number of rotatable bonds is 8. The summed E-state index contributed by atoms with van der Waals surface area (Å²) in [6.07, 6.45) is 1.47. The summed E-state index contributed by atoms with van der Waals surface area (Å²) in [6, 6.07) is 12.7. The molecule has 0 aliphatic heterocycles. The van der Waals surface area contributed by atoms with E-state index in [1.807, 2.05) is 13.0 Å². The first kappa shape index (κ1) is 22.1. The highest BCUT2D eigenvalue weighted by Gasteiger charge is 2.36. The van der Waals surface area contributed by atoms with Crippen LogP contribution in [0, 0.1) is 6.92 Å². The van der Waals surface area contributed by atoms with Crippen molar-refractivity contribution in [3.8, 4) is 0 Å². The highest BCUT2D eigenvalue weighted by atomic mass is 79.9. The number of nitrogens with zero attached hydrogens (tertiary/aromatic N) is 1. The molecule has 0 aliphatic rings. The number of methoxy groups -OCH3 is 1. The van der Waals surface area contributed by atoms with E-state index >= 15 is 0 Å². The third-order valence-corrected chi connectivity index (χ3v) is 6.51. The number of carbonyl (C=O) groups is 1. The maximum absolute atomic E-state index is 13.4. The van der Waals surface area contributed by atoms with Gasteiger partial charge in [-0.05, 0) is 36.8 Å². The number of sulfonamides is 1. The molecule has 0 spiro atoms. The predicted octanol–water partition coefficient (Wildman–Crippen LogP) is 4.40. The molecule has 28 heavy (non-hydrogen) atoms. The van der Waals surface area contributed by atoms with E-state index in [0.29, 0.717) is 5.56 Å². The lowest BCUT2D eigenvalue weighted by atomic mass is 10.00. The van der Waals surface area contributed by atoms with Crippen LogP contribution in [0.25, 0.3) is 0 Å². The third-order valence-electron chi connectivity index (χ3n) is 4.17. The van der Waals surface area contributed by atoms with Crippen molar-refractivity contribution in [1.29, 1.82) is 0 Å². The molecule has 0 aromatic heterocycles. The van der Waals surface area contributed by atoms with Crippen LogP contribution >= 0.6 is 15.9 Å². The fraction of sp³-hybridized carbons (Fsp3) is 0.190. The molecular formula is C21H22BrNO4S. The molecule has 0 unspecified atom stereocenters. The Kier molecular flexibility index (Phi) is 7.35. The van der Waals surface area contributed by atoms with Crippen LogP contribution in [-0.2, 0) is 19.6 Å². The molecular weight excluding hydrogens is 442 g/mol. The number of halogens is 1. The Morgan fingerprint density at radius 2 is 1.89 bits per heavy atom. The summed E-state index contributed by atoms with van der Waals surface area (Å²) in [4.78, 5) is 12.4. The number of benzene rings is 2. The molecule has 148 valence electrons. The van der Waals surface area contributed by atoms with E-state index in [4.69, 9.17) is 4.74 Å². The van der Waals surface area contributed by atoms with E-state index in [0.717, 1.165) is 10.0 Å². The molecule has 0 saturated carbocycles. The van der Waals surface area contributed by atoms with Crippen LogP contribution in [0.4, 0.5) is 0 Å². The van der Waals surface area contributed by atoms with Crippen LogP contribution < -0.4 is 0 Å². The normalized spacial score (nSPS) is 12.4. The van der Waals surface area contributed by atoms with E-state index in [-0.39, 0.29) is 17.0 Å².